The van der Waals surface area contributed by atoms with E-state index in [9.17, 15) is 19.1 Å². The molecule has 1 amide bonds. The van der Waals surface area contributed by atoms with Gasteiger partial charge in [0, 0.05) is 11.1 Å². The molecule has 1 unspecified atom stereocenters. The molecule has 2 aromatic carbocycles. The molecule has 0 saturated heterocycles. The highest BCUT2D eigenvalue weighted by Gasteiger charge is 2.40. The van der Waals surface area contributed by atoms with Gasteiger partial charge in [0.25, 0.3) is 17.2 Å². The lowest BCUT2D eigenvalue weighted by atomic mass is 9.82. The van der Waals surface area contributed by atoms with E-state index in [1.54, 1.807) is 24.3 Å². The topological polar surface area (TPSA) is 148 Å². The molecule has 138 valence electrons. The molecular formula is C19H12N4O4S. The molecule has 1 atom stereocenters. The van der Waals surface area contributed by atoms with Crippen LogP contribution >= 0.6 is 0 Å². The van der Waals surface area contributed by atoms with Crippen molar-refractivity contribution in [2.45, 2.75) is 0 Å². The Bertz CT molecular complexity index is 1190. The van der Waals surface area contributed by atoms with E-state index in [1.807, 2.05) is 6.07 Å². The van der Waals surface area contributed by atoms with Crippen molar-refractivity contribution in [3.8, 4) is 11.8 Å². The smallest absolute Gasteiger partial charge is 0.285 e. The first kappa shape index (κ1) is 17.7. The molecule has 2 aliphatic rings. The Balaban J connectivity index is 1.91. The Morgan fingerprint density at radius 3 is 2.43 bits per heavy atom. The number of fused-ring (bicyclic) bond motifs is 2. The average molecular weight is 392 g/mol. The Morgan fingerprint density at radius 1 is 1.07 bits per heavy atom. The number of hydrogen-bond acceptors (Lipinski definition) is 6. The summed E-state index contributed by atoms with van der Waals surface area (Å²) in [6.07, 6.45) is 0. The Morgan fingerprint density at radius 2 is 1.79 bits per heavy atom. The number of amides is 1. The monoisotopic (exact) mass is 392 g/mol. The third-order valence-corrected chi connectivity index (χ3v) is 4.84. The first-order chi connectivity index (χ1) is 13.4. The van der Waals surface area contributed by atoms with Crippen molar-refractivity contribution in [2.24, 2.45) is 10.9 Å². The summed E-state index contributed by atoms with van der Waals surface area (Å²) in [5.41, 5.74) is 8.07. The number of benzene rings is 2. The number of rotatable bonds is 3. The minimum atomic E-state index is -1.97. The van der Waals surface area contributed by atoms with Gasteiger partial charge < -0.3 is 15.2 Å². The number of ketones is 1. The van der Waals surface area contributed by atoms with E-state index in [4.69, 9.17) is 15.1 Å². The number of hydrogen-bond donors (Lipinski definition) is 3. The van der Waals surface area contributed by atoms with Crippen molar-refractivity contribution >= 4 is 34.4 Å². The molecule has 2 aromatic rings. The van der Waals surface area contributed by atoms with Crippen molar-refractivity contribution in [1.29, 1.82) is 5.26 Å². The number of nitriles is 1. The minimum Gasteiger partial charge on any atom is -0.398 e. The van der Waals surface area contributed by atoms with Crippen LogP contribution in [0.3, 0.4) is 0 Å². The van der Waals surface area contributed by atoms with Crippen LogP contribution in [0.5, 0.6) is 5.75 Å². The molecule has 9 heteroatoms. The molecule has 0 saturated carbocycles. The minimum absolute atomic E-state index is 0.0889. The van der Waals surface area contributed by atoms with Gasteiger partial charge in [-0.3, -0.25) is 9.59 Å². The predicted molar refractivity (Wildman–Crippen MR) is 101 cm³/mol. The van der Waals surface area contributed by atoms with Crippen LogP contribution in [0.2, 0.25) is 0 Å². The zero-order valence-electron chi connectivity index (χ0n) is 14.2. The van der Waals surface area contributed by atoms with Gasteiger partial charge in [0.15, 0.2) is 5.78 Å². The lowest BCUT2D eigenvalue weighted by Crippen LogP contribution is -2.23. The van der Waals surface area contributed by atoms with Crippen LogP contribution in [0.4, 0.5) is 0 Å². The number of carbonyl (C=O) groups excluding carboxylic acids is 2. The van der Waals surface area contributed by atoms with E-state index in [-0.39, 0.29) is 39.4 Å². The molecule has 28 heavy (non-hydrogen) atoms. The van der Waals surface area contributed by atoms with Gasteiger partial charge in [-0.1, -0.05) is 12.1 Å². The fourth-order valence-corrected chi connectivity index (χ4v) is 3.62. The predicted octanol–water partition coefficient (Wildman–Crippen LogP) is 0.882. The SMILES string of the molecule is N#Cc1cccc2c1C(=O)C1=C(c3ccc(OS(N)=O)cc3)NC(=O)C1=C2N. The van der Waals surface area contributed by atoms with Crippen molar-refractivity contribution in [2.75, 3.05) is 0 Å². The standard InChI is InChI=1S/C19H12N4O4S/c20-8-10-2-1-3-12-13(10)18(24)15-14(16(12)21)19(25)23-17(15)9-4-6-11(7-5-9)27-28(22)26/h1-7H,21-22H2,(H,23,25). The molecule has 0 radical (unpaired) electrons. The molecule has 1 aliphatic carbocycles. The summed E-state index contributed by atoms with van der Waals surface area (Å²) in [7, 11) is 0. The second-order valence-corrected chi connectivity index (χ2v) is 6.72. The second-order valence-electron chi connectivity index (χ2n) is 6.03. The first-order valence-corrected chi connectivity index (χ1v) is 9.15. The van der Waals surface area contributed by atoms with Crippen LogP contribution < -0.4 is 20.4 Å². The van der Waals surface area contributed by atoms with Crippen molar-refractivity contribution in [3.05, 3.63) is 75.9 Å². The van der Waals surface area contributed by atoms with Crippen LogP contribution in [0.15, 0.2) is 53.6 Å². The first-order valence-electron chi connectivity index (χ1n) is 8.01. The zero-order valence-corrected chi connectivity index (χ0v) is 15.0. The molecule has 0 fully saturated rings. The zero-order chi connectivity index (χ0) is 20.0. The molecule has 0 spiro atoms. The Hall–Kier alpha value is -3.74. The van der Waals surface area contributed by atoms with Crippen molar-refractivity contribution in [1.82, 2.24) is 5.32 Å². The van der Waals surface area contributed by atoms with E-state index in [2.05, 4.69) is 5.32 Å². The van der Waals surface area contributed by atoms with Gasteiger partial charge in [0.2, 0.25) is 0 Å². The lowest BCUT2D eigenvalue weighted by molar-refractivity contribution is -0.115. The van der Waals surface area contributed by atoms with Crippen LogP contribution in [-0.2, 0) is 16.1 Å². The van der Waals surface area contributed by atoms with E-state index >= 15 is 0 Å². The maximum absolute atomic E-state index is 13.2. The van der Waals surface area contributed by atoms with Gasteiger partial charge in [-0.2, -0.15) is 9.47 Å². The molecular weight excluding hydrogens is 380 g/mol. The number of carbonyl (C=O) groups is 2. The highest BCUT2D eigenvalue weighted by molar-refractivity contribution is 7.78. The summed E-state index contributed by atoms with van der Waals surface area (Å²) >= 11 is -1.97. The molecule has 4 rings (SSSR count). The molecule has 0 aromatic heterocycles. The Kier molecular flexibility index (Phi) is 4.07. The average Bonchev–Trinajstić information content (AvgIpc) is 3.03. The maximum Gasteiger partial charge on any atom is 0.285 e. The lowest BCUT2D eigenvalue weighted by Gasteiger charge is -2.19. The number of Topliss-reactive ketones (excluding diaryl/α,β-unsaturated/α-hetero) is 1. The number of nitrogens with zero attached hydrogens (tertiary/aromatic N) is 1. The quantitative estimate of drug-likeness (QED) is 0.706. The van der Waals surface area contributed by atoms with Crippen molar-refractivity contribution in [3.63, 3.8) is 0 Å². The van der Waals surface area contributed by atoms with Crippen LogP contribution in [-0.4, -0.2) is 15.9 Å². The molecule has 1 aliphatic heterocycles. The second kappa shape index (κ2) is 6.45. The molecule has 8 nitrogen and oxygen atoms in total. The normalized spacial score (nSPS) is 16.3. The summed E-state index contributed by atoms with van der Waals surface area (Å²) in [6, 6.07) is 12.9. The van der Waals surface area contributed by atoms with E-state index in [0.717, 1.165) is 0 Å². The van der Waals surface area contributed by atoms with Gasteiger partial charge >= 0.3 is 0 Å². The van der Waals surface area contributed by atoms with Crippen LogP contribution in [0.25, 0.3) is 11.4 Å². The largest absolute Gasteiger partial charge is 0.398 e. The van der Waals surface area contributed by atoms with Gasteiger partial charge in [-0.15, -0.1) is 0 Å². The molecule has 0 bridgehead atoms. The summed E-state index contributed by atoms with van der Waals surface area (Å²) in [6.45, 7) is 0. The summed E-state index contributed by atoms with van der Waals surface area (Å²) in [5.74, 6) is -0.679. The van der Waals surface area contributed by atoms with E-state index < -0.39 is 23.0 Å². The van der Waals surface area contributed by atoms with Crippen LogP contribution in [0.1, 0.15) is 27.0 Å². The van der Waals surface area contributed by atoms with Gasteiger partial charge in [0.05, 0.1) is 34.2 Å². The van der Waals surface area contributed by atoms with Crippen LogP contribution in [0, 0.1) is 11.3 Å². The van der Waals surface area contributed by atoms with Gasteiger partial charge in [0.1, 0.15) is 5.75 Å². The van der Waals surface area contributed by atoms with Crippen molar-refractivity contribution < 1.29 is 18.0 Å². The van der Waals surface area contributed by atoms with E-state index in [0.29, 0.717) is 11.1 Å². The summed E-state index contributed by atoms with van der Waals surface area (Å²) in [5, 5.41) is 17.1. The van der Waals surface area contributed by atoms with E-state index in [1.165, 1.54) is 18.2 Å². The molecule has 1 heterocycles. The molecule has 5 N–H and O–H groups in total. The number of nitrogens with two attached hydrogens (primary N) is 2. The highest BCUT2D eigenvalue weighted by Crippen LogP contribution is 2.40. The fourth-order valence-electron chi connectivity index (χ4n) is 3.32. The maximum atomic E-state index is 13.2. The Labute approximate surface area is 161 Å². The fraction of sp³-hybridized carbons (Fsp3) is 0. The number of nitrogens with one attached hydrogen (secondary N) is 1. The summed E-state index contributed by atoms with van der Waals surface area (Å²) in [4.78, 5) is 25.7. The third kappa shape index (κ3) is 2.60. The van der Waals surface area contributed by atoms with Gasteiger partial charge in [-0.05, 0) is 35.9 Å². The highest BCUT2D eigenvalue weighted by atomic mass is 32.2. The summed E-state index contributed by atoms with van der Waals surface area (Å²) < 4.78 is 15.8. The van der Waals surface area contributed by atoms with Gasteiger partial charge in [-0.25, -0.2) is 5.14 Å². The third-order valence-electron chi connectivity index (χ3n) is 4.49.